The van der Waals surface area contributed by atoms with E-state index in [9.17, 15) is 13.6 Å². The van der Waals surface area contributed by atoms with E-state index < -0.39 is 6.43 Å². The molecule has 2 unspecified atom stereocenters. The molecule has 0 aromatic carbocycles. The lowest BCUT2D eigenvalue weighted by molar-refractivity contribution is 0.0216. The fourth-order valence-electron chi connectivity index (χ4n) is 4.06. The van der Waals surface area contributed by atoms with Gasteiger partial charge in [-0.25, -0.2) is 4.98 Å². The highest BCUT2D eigenvalue weighted by Crippen LogP contribution is 2.32. The van der Waals surface area contributed by atoms with Crippen LogP contribution in [-0.2, 0) is 0 Å². The van der Waals surface area contributed by atoms with Gasteiger partial charge in [-0.15, -0.1) is 11.3 Å². The average Bonchev–Trinajstić information content (AvgIpc) is 3.05. The number of thiophene rings is 1. The number of nitrogens with one attached hydrogen (secondary N) is 1. The summed E-state index contributed by atoms with van der Waals surface area (Å²) in [6.07, 6.45) is 1.16. The van der Waals surface area contributed by atoms with E-state index in [1.165, 1.54) is 11.3 Å². The molecule has 2 atom stereocenters. The molecule has 4 nitrogen and oxygen atoms in total. The summed E-state index contributed by atoms with van der Waals surface area (Å²) in [5.41, 5.74) is 0.817. The third-order valence-corrected chi connectivity index (χ3v) is 6.42. The summed E-state index contributed by atoms with van der Waals surface area (Å²) >= 11 is 1.38. The number of amides is 1. The van der Waals surface area contributed by atoms with Crippen LogP contribution in [0.15, 0.2) is 17.6 Å². The zero-order valence-electron chi connectivity index (χ0n) is 14.3. The molecule has 3 fully saturated rings. The van der Waals surface area contributed by atoms with E-state index in [0.717, 1.165) is 30.6 Å². The van der Waals surface area contributed by atoms with Gasteiger partial charge in [0.15, 0.2) is 0 Å². The molecule has 5 rings (SSSR count). The van der Waals surface area contributed by atoms with Crippen molar-refractivity contribution in [2.75, 3.05) is 13.1 Å². The SMILES string of the molecule is CC1C(NC(=O)c2cc3c(C#CC(F)F)csc3cn2)C2CCN1CC2. The highest BCUT2D eigenvalue weighted by molar-refractivity contribution is 7.17. The smallest absolute Gasteiger partial charge is 0.299 e. The summed E-state index contributed by atoms with van der Waals surface area (Å²) in [7, 11) is 0. The highest BCUT2D eigenvalue weighted by atomic mass is 32.1. The minimum atomic E-state index is -2.67. The Morgan fingerprint density at radius 3 is 2.88 bits per heavy atom. The van der Waals surface area contributed by atoms with Gasteiger partial charge >= 0.3 is 0 Å². The van der Waals surface area contributed by atoms with Gasteiger partial charge in [-0.05, 0) is 50.8 Å². The number of carbonyl (C=O) groups excluding carboxylic acids is 1. The lowest BCUT2D eigenvalue weighted by Crippen LogP contribution is -2.62. The molecule has 1 amide bonds. The van der Waals surface area contributed by atoms with Crippen LogP contribution in [0.3, 0.4) is 0 Å². The number of rotatable bonds is 2. The van der Waals surface area contributed by atoms with Crippen molar-refractivity contribution in [2.45, 2.75) is 38.3 Å². The Bertz CT molecular complexity index is 891. The van der Waals surface area contributed by atoms with Crippen molar-refractivity contribution in [1.29, 1.82) is 0 Å². The molecule has 3 saturated heterocycles. The Kier molecular flexibility index (Phi) is 4.63. The molecule has 2 aromatic rings. The number of alkyl halides is 2. The van der Waals surface area contributed by atoms with E-state index in [4.69, 9.17) is 0 Å². The van der Waals surface area contributed by atoms with Crippen molar-refractivity contribution in [3.63, 3.8) is 0 Å². The van der Waals surface area contributed by atoms with Crippen LogP contribution in [0.4, 0.5) is 8.78 Å². The number of hydrogen-bond acceptors (Lipinski definition) is 4. The van der Waals surface area contributed by atoms with Crippen LogP contribution in [0.5, 0.6) is 0 Å². The summed E-state index contributed by atoms with van der Waals surface area (Å²) < 4.78 is 25.5. The van der Waals surface area contributed by atoms with E-state index in [1.807, 2.05) is 5.92 Å². The molecule has 0 aliphatic carbocycles. The molecule has 3 aliphatic rings. The van der Waals surface area contributed by atoms with Crippen molar-refractivity contribution in [2.24, 2.45) is 5.92 Å². The molecule has 2 bridgehead atoms. The normalized spacial score (nSPS) is 27.4. The Morgan fingerprint density at radius 2 is 2.19 bits per heavy atom. The number of piperidine rings is 3. The molecule has 26 heavy (non-hydrogen) atoms. The summed E-state index contributed by atoms with van der Waals surface area (Å²) in [6.45, 7) is 4.36. The number of pyridine rings is 1. The first-order chi connectivity index (χ1) is 12.5. The number of aromatic nitrogens is 1. The maximum Gasteiger partial charge on any atom is 0.299 e. The lowest BCUT2D eigenvalue weighted by Gasteiger charge is -2.49. The second-order valence-electron chi connectivity index (χ2n) is 6.90. The molecule has 5 heterocycles. The Morgan fingerprint density at radius 1 is 1.42 bits per heavy atom. The molecular weight excluding hydrogens is 356 g/mol. The van der Waals surface area contributed by atoms with Crippen LogP contribution in [0.1, 0.15) is 35.8 Å². The van der Waals surface area contributed by atoms with Crippen LogP contribution in [0, 0.1) is 17.8 Å². The number of nitrogens with zero attached hydrogens (tertiary/aromatic N) is 2. The van der Waals surface area contributed by atoms with Gasteiger partial charge in [-0.3, -0.25) is 9.69 Å². The number of fused-ring (bicyclic) bond motifs is 4. The monoisotopic (exact) mass is 375 g/mol. The van der Waals surface area contributed by atoms with Gasteiger partial charge in [0, 0.05) is 34.6 Å². The predicted octanol–water partition coefficient (Wildman–Crippen LogP) is 3.13. The Hall–Kier alpha value is -2.04. The maximum absolute atomic E-state index is 12.7. The van der Waals surface area contributed by atoms with Crippen LogP contribution in [-0.4, -0.2) is 47.4 Å². The van der Waals surface area contributed by atoms with Crippen molar-refractivity contribution < 1.29 is 13.6 Å². The third kappa shape index (κ3) is 3.19. The van der Waals surface area contributed by atoms with Crippen molar-refractivity contribution in [1.82, 2.24) is 15.2 Å². The summed E-state index contributed by atoms with van der Waals surface area (Å²) in [6, 6.07) is 2.11. The minimum absolute atomic E-state index is 0.128. The second-order valence-corrected chi connectivity index (χ2v) is 7.81. The fraction of sp³-hybridized carbons (Fsp3) is 0.474. The first-order valence-corrected chi connectivity index (χ1v) is 9.63. The fourth-order valence-corrected chi connectivity index (χ4v) is 4.90. The summed E-state index contributed by atoms with van der Waals surface area (Å²) in [5.74, 6) is 4.66. The van der Waals surface area contributed by atoms with Gasteiger partial charge < -0.3 is 5.32 Å². The second kappa shape index (κ2) is 6.93. The molecule has 2 aromatic heterocycles. The van der Waals surface area contributed by atoms with Crippen molar-refractivity contribution in [3.8, 4) is 11.8 Å². The Labute approximate surface area is 154 Å². The van der Waals surface area contributed by atoms with E-state index in [1.54, 1.807) is 17.6 Å². The molecule has 0 spiro atoms. The minimum Gasteiger partial charge on any atom is -0.346 e. The largest absolute Gasteiger partial charge is 0.346 e. The molecule has 7 heteroatoms. The number of carbonyl (C=O) groups is 1. The molecule has 136 valence electrons. The molecular formula is C19H19F2N3OS. The zero-order chi connectivity index (χ0) is 18.3. The zero-order valence-corrected chi connectivity index (χ0v) is 15.2. The van der Waals surface area contributed by atoms with Crippen LogP contribution in [0.2, 0.25) is 0 Å². The van der Waals surface area contributed by atoms with Crippen LogP contribution >= 0.6 is 11.3 Å². The van der Waals surface area contributed by atoms with Gasteiger partial charge in [0.2, 0.25) is 0 Å². The van der Waals surface area contributed by atoms with E-state index >= 15 is 0 Å². The summed E-state index contributed by atoms with van der Waals surface area (Å²) in [5, 5.41) is 5.57. The predicted molar refractivity (Wildman–Crippen MR) is 97.5 cm³/mol. The van der Waals surface area contributed by atoms with Gasteiger partial charge in [-0.1, -0.05) is 5.92 Å². The Balaban J connectivity index is 1.57. The standard InChI is InChI=1S/C19H19F2N3OS/c1-11-18(12-4-6-24(11)7-5-12)23-19(25)15-8-14-13(2-3-17(20)21)10-26-16(14)9-22-15/h8-12,17-18H,4-7H2,1H3,(H,23,25). The highest BCUT2D eigenvalue weighted by Gasteiger charge is 2.40. The summed E-state index contributed by atoms with van der Waals surface area (Å²) in [4.78, 5) is 19.4. The molecule has 1 N–H and O–H groups in total. The van der Waals surface area contributed by atoms with Gasteiger partial charge in [0.05, 0.1) is 4.70 Å². The van der Waals surface area contributed by atoms with E-state index in [-0.39, 0.29) is 11.9 Å². The number of halogens is 2. The van der Waals surface area contributed by atoms with Crippen LogP contribution in [0.25, 0.3) is 10.1 Å². The van der Waals surface area contributed by atoms with Gasteiger partial charge in [0.1, 0.15) is 5.69 Å². The molecule has 0 saturated carbocycles. The molecule has 3 aliphatic heterocycles. The first kappa shape index (κ1) is 17.4. The van der Waals surface area contributed by atoms with Crippen molar-refractivity contribution in [3.05, 3.63) is 28.9 Å². The van der Waals surface area contributed by atoms with Gasteiger partial charge in [-0.2, -0.15) is 8.78 Å². The average molecular weight is 375 g/mol. The third-order valence-electron chi connectivity index (χ3n) is 5.49. The lowest BCUT2D eigenvalue weighted by atomic mass is 9.79. The first-order valence-electron chi connectivity index (χ1n) is 8.75. The van der Waals surface area contributed by atoms with E-state index in [2.05, 4.69) is 28.0 Å². The van der Waals surface area contributed by atoms with Crippen molar-refractivity contribution >= 4 is 27.3 Å². The van der Waals surface area contributed by atoms with Gasteiger partial charge in [0.25, 0.3) is 12.3 Å². The quantitative estimate of drug-likeness (QED) is 0.821. The number of hydrogen-bond donors (Lipinski definition) is 1. The van der Waals surface area contributed by atoms with E-state index in [0.29, 0.717) is 28.6 Å². The maximum atomic E-state index is 12.7. The topological polar surface area (TPSA) is 45.2 Å². The molecule has 0 radical (unpaired) electrons. The van der Waals surface area contributed by atoms with Crippen LogP contribution < -0.4 is 5.32 Å².